The van der Waals surface area contributed by atoms with E-state index in [9.17, 15) is 0 Å². The highest BCUT2D eigenvalue weighted by atomic mass is 16.5. The molecular weight excluding hydrogens is 416 g/mol. The maximum Gasteiger partial charge on any atom is 0.123 e. The van der Waals surface area contributed by atoms with Gasteiger partial charge in [-0.3, -0.25) is 9.89 Å². The number of methoxy groups -OCH3 is 1. The number of hydrogen-bond acceptors (Lipinski definition) is 3. The smallest absolute Gasteiger partial charge is 0.123 e. The number of benzene rings is 3. The first kappa shape index (κ1) is 22.9. The van der Waals surface area contributed by atoms with E-state index in [1.54, 1.807) is 7.11 Å². The maximum absolute atomic E-state index is 5.72. The van der Waals surface area contributed by atoms with Crippen LogP contribution in [-0.2, 0) is 6.54 Å². The van der Waals surface area contributed by atoms with Crippen molar-refractivity contribution in [3.05, 3.63) is 101 Å². The van der Waals surface area contributed by atoms with Crippen LogP contribution in [0.5, 0.6) is 5.75 Å². The highest BCUT2D eigenvalue weighted by Gasteiger charge is 2.43. The standard InChI is InChI=1S/C31H36N2O/c1-22(2)26-14-15-28(34-3)27(20-26)21-32-30-25-16-18-33(19-17-25)31(30)29(23-10-6-4-7-11-23)24-12-8-5-9-13-24/h4-15,20,22,25,29,31H,16-19,21H2,1-3H3. The van der Waals surface area contributed by atoms with Gasteiger partial charge in [0.1, 0.15) is 5.75 Å². The van der Waals surface area contributed by atoms with E-state index in [0.717, 1.165) is 18.8 Å². The van der Waals surface area contributed by atoms with Gasteiger partial charge in [-0.05, 0) is 60.7 Å². The Morgan fingerprint density at radius 2 is 1.47 bits per heavy atom. The van der Waals surface area contributed by atoms with Crippen LogP contribution in [0.25, 0.3) is 0 Å². The monoisotopic (exact) mass is 452 g/mol. The molecule has 3 aliphatic rings. The van der Waals surface area contributed by atoms with E-state index in [0.29, 0.717) is 24.4 Å². The van der Waals surface area contributed by atoms with Gasteiger partial charge in [0.15, 0.2) is 0 Å². The van der Waals surface area contributed by atoms with Gasteiger partial charge >= 0.3 is 0 Å². The Balaban J connectivity index is 1.56. The van der Waals surface area contributed by atoms with Crippen LogP contribution in [-0.4, -0.2) is 36.9 Å². The van der Waals surface area contributed by atoms with Crippen LogP contribution >= 0.6 is 0 Å². The minimum Gasteiger partial charge on any atom is -0.496 e. The number of ether oxygens (including phenoxy) is 1. The molecule has 0 radical (unpaired) electrons. The first-order chi connectivity index (χ1) is 16.7. The van der Waals surface area contributed by atoms with Crippen LogP contribution in [0.2, 0.25) is 0 Å². The van der Waals surface area contributed by atoms with E-state index >= 15 is 0 Å². The van der Waals surface area contributed by atoms with Crippen molar-refractivity contribution in [1.82, 2.24) is 4.90 Å². The third kappa shape index (κ3) is 4.54. The summed E-state index contributed by atoms with van der Waals surface area (Å²) >= 11 is 0. The normalized spacial score (nSPS) is 23.1. The van der Waals surface area contributed by atoms with Gasteiger partial charge in [-0.1, -0.05) is 80.6 Å². The van der Waals surface area contributed by atoms with Gasteiger partial charge < -0.3 is 4.74 Å². The van der Waals surface area contributed by atoms with E-state index in [2.05, 4.69) is 97.6 Å². The highest BCUT2D eigenvalue weighted by molar-refractivity contribution is 5.94. The Labute approximate surface area is 204 Å². The molecule has 176 valence electrons. The lowest BCUT2D eigenvalue weighted by Gasteiger charge is -2.49. The lowest BCUT2D eigenvalue weighted by atomic mass is 9.72. The fourth-order valence-corrected chi connectivity index (χ4v) is 5.84. The average Bonchev–Trinajstić information content (AvgIpc) is 2.89. The molecule has 0 saturated carbocycles. The molecule has 2 bridgehead atoms. The number of aliphatic imine (C=N–C) groups is 1. The summed E-state index contributed by atoms with van der Waals surface area (Å²) in [7, 11) is 1.76. The molecule has 3 nitrogen and oxygen atoms in total. The van der Waals surface area contributed by atoms with E-state index in [1.165, 1.54) is 40.8 Å². The molecule has 6 rings (SSSR count). The van der Waals surface area contributed by atoms with Crippen LogP contribution in [0.3, 0.4) is 0 Å². The number of nitrogens with zero attached hydrogens (tertiary/aromatic N) is 2. The van der Waals surface area contributed by atoms with Crippen LogP contribution in [0, 0.1) is 5.92 Å². The number of piperidine rings is 3. The quantitative estimate of drug-likeness (QED) is 0.399. The number of rotatable bonds is 7. The summed E-state index contributed by atoms with van der Waals surface area (Å²) in [5.41, 5.74) is 6.66. The minimum atomic E-state index is 0.285. The Morgan fingerprint density at radius 3 is 2.03 bits per heavy atom. The number of hydrogen-bond donors (Lipinski definition) is 0. The van der Waals surface area contributed by atoms with E-state index in [4.69, 9.17) is 9.73 Å². The molecule has 34 heavy (non-hydrogen) atoms. The second kappa shape index (κ2) is 10.1. The molecule has 0 N–H and O–H groups in total. The zero-order valence-electron chi connectivity index (χ0n) is 20.7. The Bertz CT molecular complexity index is 1080. The summed E-state index contributed by atoms with van der Waals surface area (Å²) in [6.45, 7) is 7.49. The average molecular weight is 453 g/mol. The second-order valence-corrected chi connectivity index (χ2v) is 10.0. The molecule has 0 aliphatic carbocycles. The van der Waals surface area contributed by atoms with Gasteiger partial charge in [0, 0.05) is 23.1 Å². The van der Waals surface area contributed by atoms with E-state index in [1.807, 2.05) is 0 Å². The molecule has 1 unspecified atom stereocenters. The van der Waals surface area contributed by atoms with Gasteiger partial charge in [-0.25, -0.2) is 0 Å². The summed E-state index contributed by atoms with van der Waals surface area (Å²) in [5, 5.41) is 0. The van der Waals surface area contributed by atoms with Crippen LogP contribution in [0.1, 0.15) is 60.8 Å². The summed E-state index contributed by atoms with van der Waals surface area (Å²) in [5.74, 6) is 2.29. The first-order valence-electron chi connectivity index (χ1n) is 12.7. The summed E-state index contributed by atoms with van der Waals surface area (Å²) in [4.78, 5) is 8.08. The van der Waals surface area contributed by atoms with Gasteiger partial charge in [-0.2, -0.15) is 0 Å². The van der Waals surface area contributed by atoms with Crippen molar-refractivity contribution in [2.45, 2.75) is 51.1 Å². The predicted molar refractivity (Wildman–Crippen MR) is 141 cm³/mol. The molecule has 0 aromatic heterocycles. The van der Waals surface area contributed by atoms with Crippen molar-refractivity contribution in [2.75, 3.05) is 20.2 Å². The summed E-state index contributed by atoms with van der Waals surface area (Å²) in [6, 6.07) is 28.9. The molecule has 3 aliphatic heterocycles. The Hall–Kier alpha value is -2.91. The van der Waals surface area contributed by atoms with Gasteiger partial charge in [-0.15, -0.1) is 0 Å². The fourth-order valence-electron chi connectivity index (χ4n) is 5.84. The topological polar surface area (TPSA) is 24.8 Å². The molecule has 0 amide bonds. The third-order valence-electron chi connectivity index (χ3n) is 7.68. The third-order valence-corrected chi connectivity index (χ3v) is 7.68. The van der Waals surface area contributed by atoms with Gasteiger partial charge in [0.05, 0.1) is 19.7 Å². The summed E-state index contributed by atoms with van der Waals surface area (Å²) in [6.07, 6.45) is 2.43. The van der Waals surface area contributed by atoms with Crippen molar-refractivity contribution in [3.63, 3.8) is 0 Å². The molecule has 0 spiro atoms. The van der Waals surface area contributed by atoms with Crippen LogP contribution in [0.4, 0.5) is 0 Å². The van der Waals surface area contributed by atoms with Crippen LogP contribution in [0.15, 0.2) is 83.9 Å². The lowest BCUT2D eigenvalue weighted by molar-refractivity contribution is 0.135. The van der Waals surface area contributed by atoms with Crippen molar-refractivity contribution >= 4 is 5.71 Å². The molecule has 3 aromatic carbocycles. The largest absolute Gasteiger partial charge is 0.496 e. The molecule has 3 saturated heterocycles. The highest BCUT2D eigenvalue weighted by Crippen LogP contribution is 2.40. The van der Waals surface area contributed by atoms with E-state index < -0.39 is 0 Å². The van der Waals surface area contributed by atoms with Crippen molar-refractivity contribution in [2.24, 2.45) is 10.9 Å². The molecule has 1 atom stereocenters. The summed E-state index contributed by atoms with van der Waals surface area (Å²) < 4.78 is 5.72. The zero-order valence-corrected chi connectivity index (χ0v) is 20.7. The maximum atomic E-state index is 5.72. The van der Waals surface area contributed by atoms with Crippen LogP contribution < -0.4 is 4.74 Å². The second-order valence-electron chi connectivity index (χ2n) is 10.0. The van der Waals surface area contributed by atoms with Crippen molar-refractivity contribution < 1.29 is 4.74 Å². The predicted octanol–water partition coefficient (Wildman–Crippen LogP) is 6.69. The molecular formula is C31H36N2O. The first-order valence-corrected chi connectivity index (χ1v) is 12.7. The molecule has 3 heterocycles. The van der Waals surface area contributed by atoms with Gasteiger partial charge in [0.25, 0.3) is 0 Å². The minimum absolute atomic E-state index is 0.285. The molecule has 3 fully saturated rings. The molecule has 3 aromatic rings. The van der Waals surface area contributed by atoms with E-state index in [-0.39, 0.29) is 5.92 Å². The van der Waals surface area contributed by atoms with Crippen molar-refractivity contribution in [3.8, 4) is 5.75 Å². The lowest BCUT2D eigenvalue weighted by Crippen LogP contribution is -2.58. The molecule has 3 heteroatoms. The fraction of sp³-hybridized carbons (Fsp3) is 0.387. The Morgan fingerprint density at radius 1 is 0.853 bits per heavy atom. The van der Waals surface area contributed by atoms with Crippen molar-refractivity contribution in [1.29, 1.82) is 0 Å². The number of fused-ring (bicyclic) bond motifs is 3. The SMILES string of the molecule is COc1ccc(C(C)C)cc1CN=C1C2CCN(CC2)C1C(c1ccccc1)c1ccccc1. The Kier molecular flexibility index (Phi) is 6.82. The van der Waals surface area contributed by atoms with Gasteiger partial charge in [0.2, 0.25) is 0 Å². The zero-order chi connectivity index (χ0) is 23.5.